The van der Waals surface area contributed by atoms with E-state index in [4.69, 9.17) is 4.74 Å². The number of rotatable bonds is 4. The highest BCUT2D eigenvalue weighted by Crippen LogP contribution is 2.42. The molecule has 0 unspecified atom stereocenters. The van der Waals surface area contributed by atoms with Crippen molar-refractivity contribution in [2.75, 3.05) is 13.1 Å². The van der Waals surface area contributed by atoms with E-state index in [-0.39, 0.29) is 11.4 Å². The quantitative estimate of drug-likeness (QED) is 0.758. The standard InChI is InChI=1S/C17H14F3NO2S/c1-2-7-21(10-17(18,19)20)16(22)14-8-11-9-23-13-6-4-3-5-12(13)15(11)24-14/h2-6,8H,1,7,9-10H2. The fourth-order valence-corrected chi connectivity index (χ4v) is 3.72. The van der Waals surface area contributed by atoms with Gasteiger partial charge in [0.05, 0.1) is 4.88 Å². The fraction of sp³-hybridized carbons (Fsp3) is 0.235. The smallest absolute Gasteiger partial charge is 0.406 e. The van der Waals surface area contributed by atoms with Gasteiger partial charge in [0.2, 0.25) is 0 Å². The van der Waals surface area contributed by atoms with Gasteiger partial charge < -0.3 is 9.64 Å². The minimum atomic E-state index is -4.45. The summed E-state index contributed by atoms with van der Waals surface area (Å²) in [6, 6.07) is 9.01. The summed E-state index contributed by atoms with van der Waals surface area (Å²) in [5, 5.41) is 0. The number of thiophene rings is 1. The van der Waals surface area contributed by atoms with E-state index in [9.17, 15) is 18.0 Å². The van der Waals surface area contributed by atoms with Gasteiger partial charge in [0.25, 0.3) is 5.91 Å². The zero-order valence-electron chi connectivity index (χ0n) is 12.6. The van der Waals surface area contributed by atoms with Gasteiger partial charge in [-0.3, -0.25) is 4.79 Å². The first-order valence-electron chi connectivity index (χ1n) is 7.21. The first-order chi connectivity index (χ1) is 11.4. The van der Waals surface area contributed by atoms with Crippen molar-refractivity contribution in [1.29, 1.82) is 0 Å². The average Bonchev–Trinajstić information content (AvgIpc) is 2.97. The average molecular weight is 353 g/mol. The fourth-order valence-electron chi connectivity index (χ4n) is 2.55. The predicted molar refractivity (Wildman–Crippen MR) is 86.2 cm³/mol. The number of halogens is 3. The Kier molecular flexibility index (Phi) is 4.36. The van der Waals surface area contributed by atoms with E-state index in [1.54, 1.807) is 6.07 Å². The number of hydrogen-bond acceptors (Lipinski definition) is 3. The van der Waals surface area contributed by atoms with E-state index in [1.807, 2.05) is 24.3 Å². The highest BCUT2D eigenvalue weighted by atomic mass is 32.1. The number of alkyl halides is 3. The molecule has 2 aromatic rings. The second-order valence-corrected chi connectivity index (χ2v) is 6.39. The maximum absolute atomic E-state index is 12.7. The van der Waals surface area contributed by atoms with Crippen molar-refractivity contribution in [1.82, 2.24) is 4.90 Å². The molecule has 3 nitrogen and oxygen atoms in total. The van der Waals surface area contributed by atoms with Gasteiger partial charge in [-0.1, -0.05) is 18.2 Å². The number of para-hydroxylation sites is 1. The van der Waals surface area contributed by atoms with Crippen LogP contribution in [0.4, 0.5) is 13.2 Å². The number of carbonyl (C=O) groups is 1. The highest BCUT2D eigenvalue weighted by molar-refractivity contribution is 7.17. The molecule has 0 spiro atoms. The van der Waals surface area contributed by atoms with Crippen LogP contribution in [0.3, 0.4) is 0 Å². The van der Waals surface area contributed by atoms with Gasteiger partial charge in [-0.05, 0) is 18.2 Å². The lowest BCUT2D eigenvalue weighted by Gasteiger charge is -2.21. The van der Waals surface area contributed by atoms with Crippen LogP contribution < -0.4 is 4.74 Å². The van der Waals surface area contributed by atoms with Crippen LogP contribution in [0.15, 0.2) is 43.0 Å². The van der Waals surface area contributed by atoms with E-state index >= 15 is 0 Å². The number of ether oxygens (including phenoxy) is 1. The molecule has 0 fully saturated rings. The topological polar surface area (TPSA) is 29.5 Å². The van der Waals surface area contributed by atoms with Crippen LogP contribution in [0.2, 0.25) is 0 Å². The molecule has 1 amide bonds. The van der Waals surface area contributed by atoms with Gasteiger partial charge in [-0.15, -0.1) is 17.9 Å². The molecule has 0 saturated carbocycles. The van der Waals surface area contributed by atoms with Crippen molar-refractivity contribution in [3.05, 3.63) is 53.4 Å². The minimum Gasteiger partial charge on any atom is -0.488 e. The van der Waals surface area contributed by atoms with Crippen molar-refractivity contribution in [2.24, 2.45) is 0 Å². The summed E-state index contributed by atoms with van der Waals surface area (Å²) in [6.45, 7) is 2.27. The number of amides is 1. The largest absolute Gasteiger partial charge is 0.488 e. The number of nitrogens with zero attached hydrogens (tertiary/aromatic N) is 1. The van der Waals surface area contributed by atoms with Crippen molar-refractivity contribution in [2.45, 2.75) is 12.8 Å². The number of fused-ring (bicyclic) bond motifs is 3. The normalized spacial score (nSPS) is 12.8. The number of hydrogen-bond donors (Lipinski definition) is 0. The third-order valence-electron chi connectivity index (χ3n) is 3.54. The van der Waals surface area contributed by atoms with Gasteiger partial charge in [0.1, 0.15) is 18.9 Å². The molecule has 1 aliphatic heterocycles. The highest BCUT2D eigenvalue weighted by Gasteiger charge is 2.34. The molecule has 0 saturated heterocycles. The molecule has 7 heteroatoms. The second-order valence-electron chi connectivity index (χ2n) is 5.34. The Morgan fingerprint density at radius 2 is 2.12 bits per heavy atom. The van der Waals surface area contributed by atoms with Crippen molar-refractivity contribution in [3.8, 4) is 16.2 Å². The Hall–Kier alpha value is -2.28. The summed E-state index contributed by atoms with van der Waals surface area (Å²) in [5.74, 6) is 0.0631. The van der Waals surface area contributed by atoms with Crippen LogP contribution in [0, 0.1) is 0 Å². The van der Waals surface area contributed by atoms with E-state index in [0.717, 1.165) is 20.9 Å². The molecule has 0 aliphatic carbocycles. The monoisotopic (exact) mass is 353 g/mol. The molecule has 3 rings (SSSR count). The van der Waals surface area contributed by atoms with E-state index in [1.165, 1.54) is 17.4 Å². The van der Waals surface area contributed by atoms with Gasteiger partial charge in [-0.2, -0.15) is 13.2 Å². The molecule has 1 aliphatic rings. The SMILES string of the molecule is C=CCN(CC(F)(F)F)C(=O)c1cc2c(s1)-c1ccccc1OC2. The number of benzene rings is 1. The number of carbonyl (C=O) groups excluding carboxylic acids is 1. The maximum atomic E-state index is 12.7. The van der Waals surface area contributed by atoms with E-state index in [2.05, 4.69) is 6.58 Å². The minimum absolute atomic E-state index is 0.159. The second kappa shape index (κ2) is 6.32. The molecular formula is C17H14F3NO2S. The zero-order chi connectivity index (χ0) is 17.3. The van der Waals surface area contributed by atoms with Crippen molar-refractivity contribution in [3.63, 3.8) is 0 Å². The first-order valence-corrected chi connectivity index (χ1v) is 8.02. The molecule has 0 bridgehead atoms. The van der Waals surface area contributed by atoms with Gasteiger partial charge in [-0.25, -0.2) is 0 Å². The molecule has 2 heterocycles. The Morgan fingerprint density at radius 3 is 2.83 bits per heavy atom. The summed E-state index contributed by atoms with van der Waals surface area (Å²) in [7, 11) is 0. The molecule has 1 aromatic heterocycles. The van der Waals surface area contributed by atoms with E-state index in [0.29, 0.717) is 12.4 Å². The molecule has 0 radical (unpaired) electrons. The van der Waals surface area contributed by atoms with E-state index < -0.39 is 18.6 Å². The van der Waals surface area contributed by atoms with Crippen LogP contribution in [0.5, 0.6) is 5.75 Å². The van der Waals surface area contributed by atoms with Crippen LogP contribution in [0.1, 0.15) is 15.2 Å². The summed E-state index contributed by atoms with van der Waals surface area (Å²) < 4.78 is 43.7. The third kappa shape index (κ3) is 3.31. The van der Waals surface area contributed by atoms with Gasteiger partial charge in [0, 0.05) is 22.5 Å². The Labute approximate surface area is 141 Å². The van der Waals surface area contributed by atoms with Gasteiger partial charge in [0.15, 0.2) is 0 Å². The molecular weight excluding hydrogens is 339 g/mol. The lowest BCUT2D eigenvalue weighted by molar-refractivity contribution is -0.139. The lowest BCUT2D eigenvalue weighted by Crippen LogP contribution is -2.38. The summed E-state index contributed by atoms with van der Waals surface area (Å²) in [5.41, 5.74) is 1.67. The molecule has 24 heavy (non-hydrogen) atoms. The summed E-state index contributed by atoms with van der Waals surface area (Å²) in [6.07, 6.45) is -3.17. The maximum Gasteiger partial charge on any atom is 0.406 e. The Morgan fingerprint density at radius 1 is 1.38 bits per heavy atom. The van der Waals surface area contributed by atoms with Crippen LogP contribution in [0.25, 0.3) is 10.4 Å². The van der Waals surface area contributed by atoms with Crippen molar-refractivity contribution >= 4 is 17.2 Å². The zero-order valence-corrected chi connectivity index (χ0v) is 13.4. The first kappa shape index (κ1) is 16.6. The Balaban J connectivity index is 1.92. The molecule has 0 N–H and O–H groups in total. The van der Waals surface area contributed by atoms with Crippen LogP contribution in [-0.4, -0.2) is 30.1 Å². The van der Waals surface area contributed by atoms with Crippen LogP contribution in [-0.2, 0) is 6.61 Å². The molecule has 126 valence electrons. The van der Waals surface area contributed by atoms with Crippen LogP contribution >= 0.6 is 11.3 Å². The summed E-state index contributed by atoms with van der Waals surface area (Å²) in [4.78, 5) is 14.4. The Bertz CT molecular complexity index is 782. The summed E-state index contributed by atoms with van der Waals surface area (Å²) >= 11 is 1.19. The molecule has 0 atom stereocenters. The third-order valence-corrected chi connectivity index (χ3v) is 4.74. The lowest BCUT2D eigenvalue weighted by atomic mass is 10.1. The van der Waals surface area contributed by atoms with Crippen molar-refractivity contribution < 1.29 is 22.7 Å². The predicted octanol–water partition coefficient (Wildman–Crippen LogP) is 4.50. The van der Waals surface area contributed by atoms with Gasteiger partial charge >= 0.3 is 6.18 Å². The molecule has 1 aromatic carbocycles.